The lowest BCUT2D eigenvalue weighted by Gasteiger charge is -2.29. The van der Waals surface area contributed by atoms with Crippen LogP contribution in [0.2, 0.25) is 0 Å². The number of fused-ring (bicyclic) bond motifs is 1. The number of halogens is 4. The molecule has 0 saturated heterocycles. The van der Waals surface area contributed by atoms with E-state index in [0.29, 0.717) is 11.0 Å². The van der Waals surface area contributed by atoms with Crippen LogP contribution in [0, 0.1) is 11.7 Å². The lowest BCUT2D eigenvalue weighted by atomic mass is 9.86. The minimum atomic E-state index is -4.56. The summed E-state index contributed by atoms with van der Waals surface area (Å²) >= 11 is 0. The molecule has 9 heteroatoms. The Morgan fingerprint density at radius 1 is 1.13 bits per heavy atom. The van der Waals surface area contributed by atoms with Crippen LogP contribution in [0.5, 0.6) is 0 Å². The fourth-order valence-corrected chi connectivity index (χ4v) is 4.13. The van der Waals surface area contributed by atoms with Crippen molar-refractivity contribution in [3.05, 3.63) is 59.4 Å². The molecule has 1 aliphatic rings. The van der Waals surface area contributed by atoms with Gasteiger partial charge in [0, 0.05) is 24.3 Å². The Bertz CT molecular complexity index is 1100. The molecule has 3 aromatic rings. The van der Waals surface area contributed by atoms with Gasteiger partial charge >= 0.3 is 6.18 Å². The number of hydrogen-bond acceptors (Lipinski definition) is 3. The number of benzene rings is 2. The number of nitrogens with zero attached hydrogens (tertiary/aromatic N) is 2. The molecule has 0 atom stereocenters. The third-order valence-electron chi connectivity index (χ3n) is 5.77. The molecular formula is C22H21F4N3O2. The van der Waals surface area contributed by atoms with Gasteiger partial charge in [0.2, 0.25) is 5.95 Å². The number of amides is 1. The third kappa shape index (κ3) is 4.41. The average molecular weight is 435 g/mol. The zero-order valence-electron chi connectivity index (χ0n) is 16.5. The van der Waals surface area contributed by atoms with Crippen LogP contribution in [0.1, 0.15) is 47.6 Å². The molecule has 1 amide bonds. The largest absolute Gasteiger partial charge is 0.416 e. The Labute approximate surface area is 175 Å². The van der Waals surface area contributed by atoms with Crippen LogP contribution in [-0.4, -0.2) is 27.2 Å². The molecule has 1 aliphatic carbocycles. The topological polar surface area (TPSA) is 67.2 Å². The Hall–Kier alpha value is -2.94. The first-order chi connectivity index (χ1) is 14.8. The molecule has 0 radical (unpaired) electrons. The predicted octanol–water partition coefficient (Wildman–Crippen LogP) is 5.17. The predicted molar refractivity (Wildman–Crippen MR) is 107 cm³/mol. The molecule has 2 N–H and O–H groups in total. The number of anilines is 1. The Balaban J connectivity index is 1.68. The number of alkyl halides is 3. The lowest BCUT2D eigenvalue weighted by molar-refractivity contribution is -0.137. The van der Waals surface area contributed by atoms with Gasteiger partial charge < -0.3 is 9.67 Å². The van der Waals surface area contributed by atoms with Gasteiger partial charge in [-0.3, -0.25) is 10.1 Å². The van der Waals surface area contributed by atoms with E-state index in [4.69, 9.17) is 0 Å². The molecule has 0 bridgehead atoms. The van der Waals surface area contributed by atoms with Gasteiger partial charge in [-0.05, 0) is 61.9 Å². The van der Waals surface area contributed by atoms with Gasteiger partial charge in [0.1, 0.15) is 5.82 Å². The fraction of sp³-hybridized carbons (Fsp3) is 0.364. The number of nitrogens with one attached hydrogen (secondary N) is 1. The minimum absolute atomic E-state index is 0.0323. The van der Waals surface area contributed by atoms with E-state index in [1.165, 1.54) is 24.3 Å². The van der Waals surface area contributed by atoms with Crippen LogP contribution < -0.4 is 5.32 Å². The van der Waals surface area contributed by atoms with Gasteiger partial charge in [-0.15, -0.1) is 0 Å². The van der Waals surface area contributed by atoms with E-state index < -0.39 is 23.5 Å². The molecule has 1 heterocycles. The number of hydrogen-bond donors (Lipinski definition) is 2. The van der Waals surface area contributed by atoms with E-state index in [-0.39, 0.29) is 30.1 Å². The van der Waals surface area contributed by atoms with Gasteiger partial charge in [0.25, 0.3) is 5.91 Å². The number of aliphatic hydroxyl groups excluding tert-OH is 1. The lowest BCUT2D eigenvalue weighted by Crippen LogP contribution is -2.23. The summed E-state index contributed by atoms with van der Waals surface area (Å²) in [6.07, 6.45) is -1.50. The fourth-order valence-electron chi connectivity index (χ4n) is 4.13. The van der Waals surface area contributed by atoms with Crippen LogP contribution in [0.15, 0.2) is 42.5 Å². The number of carbonyl (C=O) groups excluding carboxylic acids is 1. The Kier molecular flexibility index (Phi) is 5.70. The first-order valence-electron chi connectivity index (χ1n) is 10.0. The molecule has 4 rings (SSSR count). The summed E-state index contributed by atoms with van der Waals surface area (Å²) in [4.78, 5) is 17.1. The molecule has 1 aromatic heterocycles. The molecule has 5 nitrogen and oxygen atoms in total. The van der Waals surface area contributed by atoms with Crippen molar-refractivity contribution >= 4 is 22.9 Å². The minimum Gasteiger partial charge on any atom is -0.396 e. The summed E-state index contributed by atoms with van der Waals surface area (Å²) in [5, 5.41) is 12.0. The van der Waals surface area contributed by atoms with Crippen molar-refractivity contribution in [2.45, 2.75) is 37.9 Å². The van der Waals surface area contributed by atoms with Crippen LogP contribution in [0.3, 0.4) is 0 Å². The second-order valence-corrected chi connectivity index (χ2v) is 7.83. The molecule has 31 heavy (non-hydrogen) atoms. The SMILES string of the molecule is O=C(Nc1nc2cc(F)ccc2n1[C@H]1CC[C@@H](CO)CC1)c1cccc(C(F)(F)F)c1. The van der Waals surface area contributed by atoms with Gasteiger partial charge in [-0.25, -0.2) is 9.37 Å². The highest BCUT2D eigenvalue weighted by Gasteiger charge is 2.31. The van der Waals surface area contributed by atoms with Crippen molar-refractivity contribution in [2.24, 2.45) is 5.92 Å². The maximum absolute atomic E-state index is 13.7. The number of aromatic nitrogens is 2. The summed E-state index contributed by atoms with van der Waals surface area (Å²) in [6, 6.07) is 8.26. The highest BCUT2D eigenvalue weighted by atomic mass is 19.4. The smallest absolute Gasteiger partial charge is 0.396 e. The van der Waals surface area contributed by atoms with E-state index in [1.807, 2.05) is 4.57 Å². The maximum Gasteiger partial charge on any atom is 0.416 e. The second kappa shape index (κ2) is 8.30. The average Bonchev–Trinajstić information content (AvgIpc) is 3.10. The van der Waals surface area contributed by atoms with Crippen molar-refractivity contribution < 1.29 is 27.5 Å². The Morgan fingerprint density at radius 3 is 2.55 bits per heavy atom. The summed E-state index contributed by atoms with van der Waals surface area (Å²) in [6.45, 7) is 0.113. The highest BCUT2D eigenvalue weighted by Crippen LogP contribution is 2.37. The standard InChI is InChI=1S/C22H21F4N3O2/c23-16-6-9-19-18(11-16)27-21(29(19)17-7-4-13(12-30)5-8-17)28-20(31)14-2-1-3-15(10-14)22(24,25)26/h1-3,6,9-11,13,17,30H,4-5,7-8,12H2,(H,27,28,31)/t13-,17+. The molecule has 0 aliphatic heterocycles. The summed E-state index contributed by atoms with van der Waals surface area (Å²) in [5.41, 5.74) is -0.0848. The Morgan fingerprint density at radius 2 is 1.87 bits per heavy atom. The highest BCUT2D eigenvalue weighted by molar-refractivity contribution is 6.04. The molecule has 2 aromatic carbocycles. The molecule has 1 fully saturated rings. The van der Waals surface area contributed by atoms with E-state index >= 15 is 0 Å². The zero-order chi connectivity index (χ0) is 22.2. The van der Waals surface area contributed by atoms with Gasteiger partial charge in [0.05, 0.1) is 16.6 Å². The van der Waals surface area contributed by atoms with Crippen LogP contribution >= 0.6 is 0 Å². The number of imidazole rings is 1. The van der Waals surface area contributed by atoms with E-state index in [9.17, 15) is 27.5 Å². The van der Waals surface area contributed by atoms with E-state index in [0.717, 1.165) is 37.8 Å². The number of aliphatic hydroxyl groups is 1. The van der Waals surface area contributed by atoms with E-state index in [1.54, 1.807) is 6.07 Å². The molecule has 1 saturated carbocycles. The van der Waals surface area contributed by atoms with Crippen LogP contribution in [0.25, 0.3) is 11.0 Å². The van der Waals surface area contributed by atoms with Crippen LogP contribution in [0.4, 0.5) is 23.5 Å². The van der Waals surface area contributed by atoms with Crippen molar-refractivity contribution in [3.8, 4) is 0 Å². The number of carbonyl (C=O) groups is 1. The number of rotatable bonds is 4. The zero-order valence-corrected chi connectivity index (χ0v) is 16.5. The molecule has 0 spiro atoms. The van der Waals surface area contributed by atoms with Crippen molar-refractivity contribution in [2.75, 3.05) is 11.9 Å². The molecule has 0 unspecified atom stereocenters. The van der Waals surface area contributed by atoms with Crippen molar-refractivity contribution in [1.82, 2.24) is 9.55 Å². The quantitative estimate of drug-likeness (QED) is 0.556. The first kappa shape index (κ1) is 21.3. The summed E-state index contributed by atoms with van der Waals surface area (Å²) < 4.78 is 54.5. The summed E-state index contributed by atoms with van der Waals surface area (Å²) in [7, 11) is 0. The normalized spacial score (nSPS) is 19.5. The van der Waals surface area contributed by atoms with Gasteiger partial charge in [-0.1, -0.05) is 6.07 Å². The summed E-state index contributed by atoms with van der Waals surface area (Å²) in [5.74, 6) is -0.828. The van der Waals surface area contributed by atoms with Crippen LogP contribution in [-0.2, 0) is 6.18 Å². The molecule has 164 valence electrons. The maximum atomic E-state index is 13.7. The monoisotopic (exact) mass is 435 g/mol. The molecular weight excluding hydrogens is 414 g/mol. The van der Waals surface area contributed by atoms with Crippen molar-refractivity contribution in [1.29, 1.82) is 0 Å². The van der Waals surface area contributed by atoms with Gasteiger partial charge in [-0.2, -0.15) is 13.2 Å². The van der Waals surface area contributed by atoms with E-state index in [2.05, 4.69) is 10.3 Å². The van der Waals surface area contributed by atoms with Crippen molar-refractivity contribution in [3.63, 3.8) is 0 Å². The van der Waals surface area contributed by atoms with Gasteiger partial charge in [0.15, 0.2) is 0 Å². The third-order valence-corrected chi connectivity index (χ3v) is 5.77. The second-order valence-electron chi connectivity index (χ2n) is 7.83. The first-order valence-corrected chi connectivity index (χ1v) is 10.0.